The van der Waals surface area contributed by atoms with Crippen LogP contribution in [0, 0.1) is 0 Å². The van der Waals surface area contributed by atoms with Crippen LogP contribution in [0.15, 0.2) is 18.2 Å². The number of rotatable bonds is 3. The van der Waals surface area contributed by atoms with Gasteiger partial charge in [0, 0.05) is 42.1 Å². The lowest BCUT2D eigenvalue weighted by atomic mass is 9.99. The molecule has 106 valence electrons. The third-order valence-corrected chi connectivity index (χ3v) is 4.37. The smallest absolute Gasteiger partial charge is 0.0748 e. The Kier molecular flexibility index (Phi) is 5.09. The van der Waals surface area contributed by atoms with Crippen LogP contribution >= 0.6 is 23.2 Å². The molecule has 1 aliphatic rings. The van der Waals surface area contributed by atoms with E-state index in [4.69, 9.17) is 23.2 Å². The Morgan fingerprint density at radius 3 is 2.74 bits per heavy atom. The van der Waals surface area contributed by atoms with Crippen molar-refractivity contribution < 1.29 is 5.11 Å². The summed E-state index contributed by atoms with van der Waals surface area (Å²) in [6, 6.07) is 5.57. The van der Waals surface area contributed by atoms with Gasteiger partial charge in [-0.3, -0.25) is 4.90 Å². The van der Waals surface area contributed by atoms with E-state index in [1.807, 2.05) is 12.1 Å². The van der Waals surface area contributed by atoms with Crippen LogP contribution in [-0.4, -0.2) is 60.8 Å². The number of hydrogen-bond acceptors (Lipinski definition) is 3. The highest BCUT2D eigenvalue weighted by Gasteiger charge is 2.28. The third-order valence-electron chi connectivity index (χ3n) is 3.79. The maximum absolute atomic E-state index is 10.4. The lowest BCUT2D eigenvalue weighted by Gasteiger charge is -2.40. The lowest BCUT2D eigenvalue weighted by molar-refractivity contribution is 0.0153. The molecule has 2 rings (SSSR count). The summed E-state index contributed by atoms with van der Waals surface area (Å²) in [5.74, 6) is 0. The van der Waals surface area contributed by atoms with Gasteiger partial charge in [0.2, 0.25) is 0 Å². The van der Waals surface area contributed by atoms with Gasteiger partial charge < -0.3 is 10.0 Å². The summed E-state index contributed by atoms with van der Waals surface area (Å²) in [5, 5.41) is 11.7. The zero-order chi connectivity index (χ0) is 14.0. The molecule has 1 saturated heterocycles. The molecule has 0 spiro atoms. The van der Waals surface area contributed by atoms with E-state index in [1.165, 1.54) is 0 Å². The van der Waals surface area contributed by atoms with Crippen molar-refractivity contribution in [3.63, 3.8) is 0 Å². The Balaban J connectivity index is 2.05. The molecular weight excluding hydrogens is 283 g/mol. The van der Waals surface area contributed by atoms with Crippen LogP contribution in [0.4, 0.5) is 0 Å². The molecule has 0 saturated carbocycles. The SMILES string of the molecule is CN1CCN(C)C(C(O)Cc2ccc(Cl)cc2Cl)C1. The Bertz CT molecular complexity index is 441. The predicted molar refractivity (Wildman–Crippen MR) is 80.1 cm³/mol. The van der Waals surface area contributed by atoms with Crippen molar-refractivity contribution in [2.45, 2.75) is 18.6 Å². The lowest BCUT2D eigenvalue weighted by Crippen LogP contribution is -2.55. The first-order valence-corrected chi connectivity index (χ1v) is 7.23. The second-order valence-corrected chi connectivity index (χ2v) is 6.16. The topological polar surface area (TPSA) is 26.7 Å². The normalized spacial score (nSPS) is 23.5. The highest BCUT2D eigenvalue weighted by molar-refractivity contribution is 6.35. The minimum atomic E-state index is -0.425. The molecule has 1 aromatic carbocycles. The third kappa shape index (κ3) is 3.83. The number of halogens is 2. The van der Waals surface area contributed by atoms with Crippen LogP contribution in [0.1, 0.15) is 5.56 Å². The fourth-order valence-electron chi connectivity index (χ4n) is 2.51. The number of aliphatic hydroxyl groups is 1. The van der Waals surface area contributed by atoms with Crippen molar-refractivity contribution >= 4 is 23.2 Å². The van der Waals surface area contributed by atoms with E-state index in [-0.39, 0.29) is 6.04 Å². The Hall–Kier alpha value is -0.320. The monoisotopic (exact) mass is 302 g/mol. The van der Waals surface area contributed by atoms with Crippen LogP contribution in [0.25, 0.3) is 0 Å². The Morgan fingerprint density at radius 1 is 1.32 bits per heavy atom. The minimum Gasteiger partial charge on any atom is -0.391 e. The summed E-state index contributed by atoms with van der Waals surface area (Å²) < 4.78 is 0. The van der Waals surface area contributed by atoms with Gasteiger partial charge in [-0.05, 0) is 31.8 Å². The molecule has 3 nitrogen and oxygen atoms in total. The highest BCUT2D eigenvalue weighted by Crippen LogP contribution is 2.23. The van der Waals surface area contributed by atoms with Crippen LogP contribution in [0.2, 0.25) is 10.0 Å². The number of aliphatic hydroxyl groups excluding tert-OH is 1. The van der Waals surface area contributed by atoms with Crippen molar-refractivity contribution in [3.8, 4) is 0 Å². The Labute approximate surface area is 124 Å². The molecule has 0 radical (unpaired) electrons. The average Bonchev–Trinajstić information content (AvgIpc) is 2.35. The second kappa shape index (κ2) is 6.42. The van der Waals surface area contributed by atoms with Gasteiger partial charge in [-0.2, -0.15) is 0 Å². The molecule has 1 N–H and O–H groups in total. The van der Waals surface area contributed by atoms with Crippen molar-refractivity contribution in [1.82, 2.24) is 9.80 Å². The summed E-state index contributed by atoms with van der Waals surface area (Å²) in [7, 11) is 4.15. The zero-order valence-corrected chi connectivity index (χ0v) is 12.8. The van der Waals surface area contributed by atoms with Gasteiger partial charge in [0.05, 0.1) is 6.10 Å². The highest BCUT2D eigenvalue weighted by atomic mass is 35.5. The van der Waals surface area contributed by atoms with Crippen molar-refractivity contribution in [2.75, 3.05) is 33.7 Å². The van der Waals surface area contributed by atoms with Crippen LogP contribution in [0.5, 0.6) is 0 Å². The van der Waals surface area contributed by atoms with Crippen LogP contribution in [0.3, 0.4) is 0 Å². The number of likely N-dealkylation sites (N-methyl/N-ethyl adjacent to an activating group) is 2. The standard InChI is InChI=1S/C14H20Cl2N2O/c1-17-5-6-18(2)13(9-17)14(19)7-10-3-4-11(15)8-12(10)16/h3-4,8,13-14,19H,5-7,9H2,1-2H3. The molecular formula is C14H20Cl2N2O. The number of benzene rings is 1. The van der Waals surface area contributed by atoms with Gasteiger partial charge in [0.1, 0.15) is 0 Å². The summed E-state index contributed by atoms with van der Waals surface area (Å²) in [5.41, 5.74) is 0.945. The molecule has 0 bridgehead atoms. The van der Waals surface area contributed by atoms with E-state index in [9.17, 15) is 5.11 Å². The van der Waals surface area contributed by atoms with E-state index >= 15 is 0 Å². The van der Waals surface area contributed by atoms with Gasteiger partial charge in [-0.1, -0.05) is 29.3 Å². The molecule has 1 aliphatic heterocycles. The predicted octanol–water partition coefficient (Wildman–Crippen LogP) is 2.14. The van der Waals surface area contributed by atoms with Crippen LogP contribution in [-0.2, 0) is 6.42 Å². The fourth-order valence-corrected chi connectivity index (χ4v) is 2.99. The Morgan fingerprint density at radius 2 is 2.05 bits per heavy atom. The van der Waals surface area contributed by atoms with Gasteiger partial charge in [0.25, 0.3) is 0 Å². The average molecular weight is 303 g/mol. The van der Waals surface area contributed by atoms with Gasteiger partial charge >= 0.3 is 0 Å². The van der Waals surface area contributed by atoms with E-state index in [0.717, 1.165) is 25.2 Å². The molecule has 5 heteroatoms. The molecule has 0 aliphatic carbocycles. The maximum atomic E-state index is 10.4. The molecule has 1 heterocycles. The number of piperazine rings is 1. The first-order chi connectivity index (χ1) is 8.97. The van der Waals surface area contributed by atoms with E-state index < -0.39 is 6.10 Å². The van der Waals surface area contributed by atoms with E-state index in [0.29, 0.717) is 16.5 Å². The molecule has 1 fully saturated rings. The summed E-state index contributed by atoms with van der Waals surface area (Å²) in [6.45, 7) is 2.90. The first-order valence-electron chi connectivity index (χ1n) is 6.48. The summed E-state index contributed by atoms with van der Waals surface area (Å²) >= 11 is 12.0. The molecule has 0 amide bonds. The number of hydrogen-bond donors (Lipinski definition) is 1. The largest absolute Gasteiger partial charge is 0.391 e. The molecule has 2 atom stereocenters. The van der Waals surface area contributed by atoms with Crippen LogP contribution < -0.4 is 0 Å². The quantitative estimate of drug-likeness (QED) is 0.927. The zero-order valence-electron chi connectivity index (χ0n) is 11.3. The second-order valence-electron chi connectivity index (χ2n) is 5.32. The molecule has 1 aromatic rings. The molecule has 2 unspecified atom stereocenters. The van der Waals surface area contributed by atoms with E-state index in [1.54, 1.807) is 6.07 Å². The van der Waals surface area contributed by atoms with Crippen molar-refractivity contribution in [2.24, 2.45) is 0 Å². The van der Waals surface area contributed by atoms with Gasteiger partial charge in [-0.15, -0.1) is 0 Å². The summed E-state index contributed by atoms with van der Waals surface area (Å²) in [6.07, 6.45) is 0.130. The van der Waals surface area contributed by atoms with Crippen molar-refractivity contribution in [1.29, 1.82) is 0 Å². The van der Waals surface area contributed by atoms with Gasteiger partial charge in [-0.25, -0.2) is 0 Å². The fraction of sp³-hybridized carbons (Fsp3) is 0.571. The first kappa shape index (κ1) is 15.1. The minimum absolute atomic E-state index is 0.144. The maximum Gasteiger partial charge on any atom is 0.0748 e. The van der Waals surface area contributed by atoms with E-state index in [2.05, 4.69) is 23.9 Å². The molecule has 19 heavy (non-hydrogen) atoms. The van der Waals surface area contributed by atoms with Gasteiger partial charge in [0.15, 0.2) is 0 Å². The number of nitrogens with zero attached hydrogens (tertiary/aromatic N) is 2. The van der Waals surface area contributed by atoms with Crippen molar-refractivity contribution in [3.05, 3.63) is 33.8 Å². The summed E-state index contributed by atoms with van der Waals surface area (Å²) in [4.78, 5) is 4.46. The molecule has 0 aromatic heterocycles.